The van der Waals surface area contributed by atoms with Crippen molar-refractivity contribution in [2.45, 2.75) is 0 Å². The summed E-state index contributed by atoms with van der Waals surface area (Å²) in [5.74, 6) is 4.15. The van der Waals surface area contributed by atoms with E-state index in [4.69, 9.17) is 22.2 Å². The van der Waals surface area contributed by atoms with Crippen LogP contribution in [0.15, 0.2) is 23.3 Å². The molecular weight excluding hydrogens is 230 g/mol. The Labute approximate surface area is 96.3 Å². The summed E-state index contributed by atoms with van der Waals surface area (Å²) < 4.78 is 0. The summed E-state index contributed by atoms with van der Waals surface area (Å²) in [6, 6.07) is 4.22. The fourth-order valence-electron chi connectivity index (χ4n) is 0.956. The maximum absolute atomic E-state index is 10.7. The van der Waals surface area contributed by atoms with E-state index in [0.717, 1.165) is 0 Å². The van der Waals surface area contributed by atoms with E-state index >= 15 is 0 Å². The molecule has 0 amide bonds. The molecule has 16 heavy (non-hydrogen) atoms. The van der Waals surface area contributed by atoms with E-state index in [1.54, 1.807) is 0 Å². The van der Waals surface area contributed by atoms with Gasteiger partial charge >= 0.3 is 5.97 Å². The van der Waals surface area contributed by atoms with Crippen molar-refractivity contribution in [1.82, 2.24) is 0 Å². The Hall–Kier alpha value is -2.15. The summed E-state index contributed by atoms with van der Waals surface area (Å²) in [6.45, 7) is 0.0180. The standard InChI is InChI=1S/C10H6ClN3O2/c11-9-4-3-8(10(15)16)6-7(9)2-1-5-13-14-12/h3-4,6H,5H2,(H,15,16). The molecular formula is C10H6ClN3O2. The van der Waals surface area contributed by atoms with E-state index in [0.29, 0.717) is 10.6 Å². The van der Waals surface area contributed by atoms with Crippen LogP contribution in [0.3, 0.4) is 0 Å². The average molecular weight is 236 g/mol. The van der Waals surface area contributed by atoms with Gasteiger partial charge in [-0.2, -0.15) is 0 Å². The molecule has 1 N–H and O–H groups in total. The van der Waals surface area contributed by atoms with Crippen LogP contribution in [0.5, 0.6) is 0 Å². The van der Waals surface area contributed by atoms with Crippen LogP contribution in [0.4, 0.5) is 0 Å². The zero-order valence-electron chi connectivity index (χ0n) is 8.01. The third kappa shape index (κ3) is 3.21. The summed E-state index contributed by atoms with van der Waals surface area (Å²) in [4.78, 5) is 13.2. The Morgan fingerprint density at radius 2 is 2.38 bits per heavy atom. The van der Waals surface area contributed by atoms with Crippen molar-refractivity contribution in [1.29, 1.82) is 0 Å². The first-order valence-corrected chi connectivity index (χ1v) is 4.55. The lowest BCUT2D eigenvalue weighted by atomic mass is 10.1. The first kappa shape index (κ1) is 11.9. The van der Waals surface area contributed by atoms with Gasteiger partial charge in [-0.05, 0) is 23.7 Å². The van der Waals surface area contributed by atoms with Crippen molar-refractivity contribution >= 4 is 17.6 Å². The van der Waals surface area contributed by atoms with Gasteiger partial charge in [-0.25, -0.2) is 4.79 Å². The Bertz CT molecular complexity index is 525. The van der Waals surface area contributed by atoms with Crippen molar-refractivity contribution in [3.05, 3.63) is 44.8 Å². The molecule has 1 aromatic rings. The second-order valence-corrected chi connectivity index (χ2v) is 3.10. The summed E-state index contributed by atoms with van der Waals surface area (Å²) in [5, 5.41) is 12.3. The van der Waals surface area contributed by atoms with Crippen LogP contribution >= 0.6 is 11.6 Å². The molecule has 80 valence electrons. The fourth-order valence-corrected chi connectivity index (χ4v) is 1.12. The van der Waals surface area contributed by atoms with Crippen LogP contribution in [0, 0.1) is 11.8 Å². The van der Waals surface area contributed by atoms with Crippen LogP contribution in [-0.2, 0) is 0 Å². The van der Waals surface area contributed by atoms with Crippen LogP contribution in [0.1, 0.15) is 15.9 Å². The lowest BCUT2D eigenvalue weighted by molar-refractivity contribution is 0.0697. The molecule has 0 radical (unpaired) electrons. The van der Waals surface area contributed by atoms with Crippen LogP contribution in [0.25, 0.3) is 10.4 Å². The lowest BCUT2D eigenvalue weighted by Crippen LogP contribution is -1.96. The molecule has 0 aromatic heterocycles. The highest BCUT2D eigenvalue weighted by molar-refractivity contribution is 6.31. The predicted octanol–water partition coefficient (Wildman–Crippen LogP) is 2.70. The molecule has 0 unspecified atom stereocenters. The van der Waals surface area contributed by atoms with E-state index in [2.05, 4.69) is 21.9 Å². The van der Waals surface area contributed by atoms with Crippen molar-refractivity contribution in [3.8, 4) is 11.8 Å². The van der Waals surface area contributed by atoms with E-state index in [1.807, 2.05) is 0 Å². The molecule has 0 bridgehead atoms. The molecule has 1 rings (SSSR count). The smallest absolute Gasteiger partial charge is 0.335 e. The molecule has 0 heterocycles. The Kier molecular flexibility index (Phi) is 4.22. The van der Waals surface area contributed by atoms with Crippen molar-refractivity contribution < 1.29 is 9.90 Å². The Morgan fingerprint density at radius 3 is 3.00 bits per heavy atom. The van der Waals surface area contributed by atoms with Crippen molar-refractivity contribution in [3.63, 3.8) is 0 Å². The molecule has 0 saturated heterocycles. The van der Waals surface area contributed by atoms with Crippen molar-refractivity contribution in [2.75, 3.05) is 6.54 Å². The first-order valence-electron chi connectivity index (χ1n) is 4.17. The molecule has 0 aliphatic heterocycles. The zero-order chi connectivity index (χ0) is 12.0. The van der Waals surface area contributed by atoms with Crippen molar-refractivity contribution in [2.24, 2.45) is 5.11 Å². The molecule has 6 heteroatoms. The lowest BCUT2D eigenvalue weighted by Gasteiger charge is -1.97. The Balaban J connectivity index is 3.01. The number of benzene rings is 1. The fraction of sp³-hybridized carbons (Fsp3) is 0.100. The average Bonchev–Trinajstić information content (AvgIpc) is 2.26. The van der Waals surface area contributed by atoms with Gasteiger partial charge in [-0.15, -0.1) is 0 Å². The monoisotopic (exact) mass is 235 g/mol. The highest BCUT2D eigenvalue weighted by Gasteiger charge is 2.05. The molecule has 0 saturated carbocycles. The van der Waals surface area contributed by atoms with Gasteiger partial charge in [0.2, 0.25) is 0 Å². The van der Waals surface area contributed by atoms with Gasteiger partial charge in [0, 0.05) is 10.5 Å². The molecule has 5 nitrogen and oxygen atoms in total. The SMILES string of the molecule is [N-]=[N+]=NCC#Cc1cc(C(=O)O)ccc1Cl. The zero-order valence-corrected chi connectivity index (χ0v) is 8.77. The number of halogens is 1. The van der Waals surface area contributed by atoms with Gasteiger partial charge < -0.3 is 5.11 Å². The molecule has 1 aromatic carbocycles. The predicted molar refractivity (Wildman–Crippen MR) is 59.3 cm³/mol. The normalized spacial score (nSPS) is 8.56. The second kappa shape index (κ2) is 5.66. The number of rotatable bonds is 2. The highest BCUT2D eigenvalue weighted by Crippen LogP contribution is 2.16. The van der Waals surface area contributed by atoms with E-state index in [9.17, 15) is 4.79 Å². The number of carboxylic acids is 1. The number of carboxylic acid groups (broad SMARTS) is 1. The van der Waals surface area contributed by atoms with Gasteiger partial charge in [-0.1, -0.05) is 28.6 Å². The maximum atomic E-state index is 10.7. The maximum Gasteiger partial charge on any atom is 0.335 e. The van der Waals surface area contributed by atoms with E-state index in [-0.39, 0.29) is 12.1 Å². The topological polar surface area (TPSA) is 86.1 Å². The summed E-state index contributed by atoms with van der Waals surface area (Å²) in [7, 11) is 0. The number of hydrogen-bond acceptors (Lipinski definition) is 2. The van der Waals surface area contributed by atoms with Crippen LogP contribution in [0.2, 0.25) is 5.02 Å². The molecule has 0 atom stereocenters. The molecule has 0 aliphatic rings. The minimum Gasteiger partial charge on any atom is -0.478 e. The molecule has 0 aliphatic carbocycles. The third-order valence-electron chi connectivity index (χ3n) is 1.65. The van der Waals surface area contributed by atoms with Gasteiger partial charge in [0.15, 0.2) is 0 Å². The first-order chi connectivity index (χ1) is 7.65. The van der Waals surface area contributed by atoms with Gasteiger partial charge in [0.1, 0.15) is 0 Å². The highest BCUT2D eigenvalue weighted by atomic mass is 35.5. The number of azide groups is 1. The van der Waals surface area contributed by atoms with Gasteiger partial charge in [0.05, 0.1) is 17.1 Å². The number of hydrogen-bond donors (Lipinski definition) is 1. The summed E-state index contributed by atoms with van der Waals surface area (Å²) in [6.07, 6.45) is 0. The second-order valence-electron chi connectivity index (χ2n) is 2.69. The minimum atomic E-state index is -1.05. The van der Waals surface area contributed by atoms with Crippen LogP contribution < -0.4 is 0 Å². The van der Waals surface area contributed by atoms with Gasteiger partial charge in [-0.3, -0.25) is 0 Å². The molecule has 0 spiro atoms. The van der Waals surface area contributed by atoms with E-state index < -0.39 is 5.97 Å². The van der Waals surface area contributed by atoms with Crippen LogP contribution in [-0.4, -0.2) is 17.6 Å². The summed E-state index contributed by atoms with van der Waals surface area (Å²) in [5.41, 5.74) is 8.53. The quantitative estimate of drug-likeness (QED) is 0.370. The third-order valence-corrected chi connectivity index (χ3v) is 1.98. The minimum absolute atomic E-state index is 0.0180. The van der Waals surface area contributed by atoms with Gasteiger partial charge in [0.25, 0.3) is 0 Å². The summed E-state index contributed by atoms with van der Waals surface area (Å²) >= 11 is 5.81. The largest absolute Gasteiger partial charge is 0.478 e. The Morgan fingerprint density at radius 1 is 1.62 bits per heavy atom. The molecule has 0 fully saturated rings. The number of aromatic carboxylic acids is 1. The van der Waals surface area contributed by atoms with E-state index in [1.165, 1.54) is 18.2 Å². The number of nitrogens with zero attached hydrogens (tertiary/aromatic N) is 3. The number of carbonyl (C=O) groups is 1.